The monoisotopic (exact) mass is 1370 g/mol. The van der Waals surface area contributed by atoms with Crippen molar-refractivity contribution in [3.05, 3.63) is 178 Å². The van der Waals surface area contributed by atoms with Gasteiger partial charge in [-0.05, 0) is 156 Å². The van der Waals surface area contributed by atoms with Crippen LogP contribution < -0.4 is 35.4 Å². The topological polar surface area (TPSA) is 321 Å². The number of fused-ring (bicyclic) bond motifs is 1. The highest BCUT2D eigenvalue weighted by atomic mass is 35.5. The molecule has 7 aromatic rings. The lowest BCUT2D eigenvalue weighted by molar-refractivity contribution is -0.144. The average molecular weight is 1370 g/mol. The van der Waals surface area contributed by atoms with E-state index in [4.69, 9.17) is 52.1 Å². The molecule has 0 saturated heterocycles. The van der Waals surface area contributed by atoms with Crippen molar-refractivity contribution in [1.82, 2.24) is 29.2 Å². The number of H-pyrrole nitrogens is 1. The number of para-hydroxylation sites is 1. The summed E-state index contributed by atoms with van der Waals surface area (Å²) in [5, 5.41) is 18.8. The molecule has 5 aromatic carbocycles. The van der Waals surface area contributed by atoms with E-state index in [9.17, 15) is 50.4 Å². The third-order valence-electron chi connectivity index (χ3n) is 15.0. The molecule has 1 fully saturated rings. The Kier molecular flexibility index (Phi) is 23.9. The number of ether oxygens (including phenoxy) is 4. The van der Waals surface area contributed by atoms with E-state index < -0.39 is 54.6 Å². The zero-order valence-corrected chi connectivity index (χ0v) is 56.9. The van der Waals surface area contributed by atoms with E-state index in [1.807, 2.05) is 25.5 Å². The number of oxime groups is 1. The summed E-state index contributed by atoms with van der Waals surface area (Å²) in [6.45, 7) is 17.0. The number of nitrogens with zero attached hydrogens (tertiary/aromatic N) is 4. The van der Waals surface area contributed by atoms with Gasteiger partial charge in [-0.1, -0.05) is 72.0 Å². The van der Waals surface area contributed by atoms with Gasteiger partial charge in [0.05, 0.1) is 64.9 Å². The van der Waals surface area contributed by atoms with Gasteiger partial charge in [0.2, 0.25) is 5.88 Å². The quantitative estimate of drug-likeness (QED) is 0.0488. The maximum atomic E-state index is 13.5. The zero-order valence-electron chi connectivity index (χ0n) is 53.8. The first-order valence-corrected chi connectivity index (χ1v) is 34.0. The van der Waals surface area contributed by atoms with E-state index in [2.05, 4.69) is 48.5 Å². The van der Waals surface area contributed by atoms with Gasteiger partial charge in [0.25, 0.3) is 33.0 Å². The number of carboxylic acids is 1. The lowest BCUT2D eigenvalue weighted by Gasteiger charge is -2.19. The van der Waals surface area contributed by atoms with E-state index in [0.29, 0.717) is 89.0 Å². The third-order valence-corrected chi connectivity index (χ3v) is 18.0. The molecule has 1 aliphatic carbocycles. The zero-order chi connectivity index (χ0) is 69.1. The van der Waals surface area contributed by atoms with Crippen molar-refractivity contribution in [2.24, 2.45) is 17.6 Å². The van der Waals surface area contributed by atoms with E-state index in [0.717, 1.165) is 48.6 Å². The summed E-state index contributed by atoms with van der Waals surface area (Å²) in [6, 6.07) is 23.6. The minimum Gasteiger partial charge on any atom is -0.496 e. The van der Waals surface area contributed by atoms with Crippen molar-refractivity contribution in [3.8, 4) is 28.5 Å². The number of hydrogen-bond acceptors (Lipinski definition) is 17. The second-order valence-electron chi connectivity index (χ2n) is 23.1. The van der Waals surface area contributed by atoms with Crippen molar-refractivity contribution in [3.63, 3.8) is 0 Å². The number of aromatic nitrogens is 4. The molecule has 4 heterocycles. The number of rotatable bonds is 17. The number of nitrogens with one attached hydrogen (secondary N) is 3. The molecule has 2 aliphatic heterocycles. The molecular formula is C66H75Cl2N7O17S2. The summed E-state index contributed by atoms with van der Waals surface area (Å²) in [5.41, 5.74) is 5.58. The maximum Gasteiger partial charge on any atom is 0.344 e. The largest absolute Gasteiger partial charge is 0.496 e. The van der Waals surface area contributed by atoms with Gasteiger partial charge < -0.3 is 39.3 Å². The molecule has 2 amide bonds. The molecule has 24 nitrogen and oxygen atoms in total. The highest BCUT2D eigenvalue weighted by Crippen LogP contribution is 2.37. The van der Waals surface area contributed by atoms with E-state index in [1.165, 1.54) is 92.1 Å². The Morgan fingerprint density at radius 2 is 1.43 bits per heavy atom. The van der Waals surface area contributed by atoms with Crippen molar-refractivity contribution >= 4 is 78.3 Å². The molecule has 28 heteroatoms. The number of aryl methyl sites for hydroxylation is 4. The van der Waals surface area contributed by atoms with Gasteiger partial charge in [-0.2, -0.15) is 0 Å². The molecule has 10 rings (SSSR count). The molecule has 1 unspecified atom stereocenters. The lowest BCUT2D eigenvalue weighted by Crippen LogP contribution is -2.31. The number of ketones is 1. The SMILES string of the molecule is CC(Oc1ccc(Cl)cc1Cl)C(=O)O.CCc1cc(C)cc(CC)c1-c1c(OC(=O)C(C)(C)C)n2n(c1=O)CCOCC2.COc1ccccc1C(=O)NS(=O)(=O)c1ccc(C(=O)NC2CC2)cc1.Cc1c(C(=O)c2c[nH]n(C)c2=O)ccc(S(C)(=O)=O)c1C1=NOCC1. The smallest absolute Gasteiger partial charge is 0.344 e. The van der Waals surface area contributed by atoms with Crippen LogP contribution in [0, 0.1) is 19.3 Å². The normalized spacial score (nSPS) is 13.9. The number of aliphatic carboxylic acids is 1. The number of carbonyl (C=O) groups excluding carboxylic acids is 4. The fourth-order valence-corrected chi connectivity index (χ4v) is 12.2. The number of halogens is 2. The number of amides is 2. The van der Waals surface area contributed by atoms with Crippen molar-refractivity contribution < 1.29 is 69.7 Å². The van der Waals surface area contributed by atoms with Crippen molar-refractivity contribution in [2.75, 3.05) is 33.2 Å². The van der Waals surface area contributed by atoms with Crippen LogP contribution in [-0.4, -0.2) is 122 Å². The number of sulfone groups is 1. The number of aromatic amines is 1. The predicted molar refractivity (Wildman–Crippen MR) is 353 cm³/mol. The summed E-state index contributed by atoms with van der Waals surface area (Å²) < 4.78 is 77.3. The van der Waals surface area contributed by atoms with Crippen LogP contribution in [0.15, 0.2) is 122 Å². The maximum absolute atomic E-state index is 13.5. The minimum absolute atomic E-state index is 0.00623. The first-order valence-electron chi connectivity index (χ1n) is 29.9. The van der Waals surface area contributed by atoms with Gasteiger partial charge in [0.1, 0.15) is 29.2 Å². The van der Waals surface area contributed by atoms with Crippen LogP contribution in [0.3, 0.4) is 0 Å². The van der Waals surface area contributed by atoms with Gasteiger partial charge >= 0.3 is 11.9 Å². The van der Waals surface area contributed by atoms with Gasteiger partial charge in [-0.25, -0.2) is 35.7 Å². The molecule has 1 atom stereocenters. The Bertz CT molecular complexity index is 4380. The predicted octanol–water partition coefficient (Wildman–Crippen LogP) is 9.06. The second kappa shape index (κ2) is 31.0. The molecule has 3 aliphatic rings. The first kappa shape index (κ1) is 72.6. The second-order valence-corrected chi connectivity index (χ2v) is 27.6. The molecule has 0 bridgehead atoms. The molecular weight excluding hydrogens is 1300 g/mol. The van der Waals surface area contributed by atoms with Crippen molar-refractivity contribution in [1.29, 1.82) is 0 Å². The molecule has 2 aromatic heterocycles. The van der Waals surface area contributed by atoms with Crippen LogP contribution in [0.4, 0.5) is 0 Å². The van der Waals surface area contributed by atoms with Crippen LogP contribution in [-0.2, 0) is 72.0 Å². The Morgan fingerprint density at radius 3 is 1.97 bits per heavy atom. The number of esters is 1. The van der Waals surface area contributed by atoms with Crippen molar-refractivity contribution in [2.45, 2.75) is 123 Å². The summed E-state index contributed by atoms with van der Waals surface area (Å²) >= 11 is 11.4. The van der Waals surface area contributed by atoms with Crippen LogP contribution in [0.25, 0.3) is 11.1 Å². The van der Waals surface area contributed by atoms with Crippen LogP contribution >= 0.6 is 23.2 Å². The van der Waals surface area contributed by atoms with Crippen LogP contribution in [0.2, 0.25) is 10.0 Å². The Morgan fingerprint density at radius 1 is 0.787 bits per heavy atom. The third kappa shape index (κ3) is 17.7. The molecule has 1 saturated carbocycles. The number of methoxy groups -OCH3 is 1. The highest BCUT2D eigenvalue weighted by molar-refractivity contribution is 7.91. The number of benzene rings is 5. The van der Waals surface area contributed by atoms with Gasteiger partial charge in [-0.3, -0.25) is 33.4 Å². The average Bonchev–Trinajstić information content (AvgIpc) is 1.55. The van der Waals surface area contributed by atoms with E-state index >= 15 is 0 Å². The Hall–Kier alpha value is -8.82. The minimum atomic E-state index is -4.07. The number of carboxylic acid groups (broad SMARTS) is 1. The molecule has 94 heavy (non-hydrogen) atoms. The Labute approximate surface area is 554 Å². The molecule has 0 spiro atoms. The fraction of sp³-hybridized carbons (Fsp3) is 0.364. The molecule has 4 N–H and O–H groups in total. The Balaban J connectivity index is 0.000000182. The molecule has 502 valence electrons. The fourth-order valence-electron chi connectivity index (χ4n) is 9.81. The first-order chi connectivity index (χ1) is 44.3. The number of sulfonamides is 1. The summed E-state index contributed by atoms with van der Waals surface area (Å²) in [6.07, 6.45) is 5.48. The van der Waals surface area contributed by atoms with E-state index in [1.54, 1.807) is 40.6 Å². The molecule has 0 radical (unpaired) electrons. The van der Waals surface area contributed by atoms with Crippen LogP contribution in [0.5, 0.6) is 17.4 Å². The number of hydrogen-bond donors (Lipinski definition) is 4. The van der Waals surface area contributed by atoms with Gasteiger partial charge in [-0.15, -0.1) is 0 Å². The van der Waals surface area contributed by atoms with Gasteiger partial charge in [0, 0.05) is 53.7 Å². The number of carbonyl (C=O) groups is 5. The van der Waals surface area contributed by atoms with E-state index in [-0.39, 0.29) is 55.7 Å². The summed E-state index contributed by atoms with van der Waals surface area (Å²) in [7, 11) is -4.69. The summed E-state index contributed by atoms with van der Waals surface area (Å²) in [5.74, 6) is -1.98. The standard InChI is InChI=1S/C23H32N2O4.C18H18N2O5S.C16H17N3O5S.C9H8Cl2O3/c1-7-16-13-15(3)14-17(8-2)18(16)19-20(26)24-9-11-28-12-10-25(24)21(19)29-22(27)23(4,5)6;1-25-16-5-3-2-4-15(16)18(22)20-26(23,24)14-10-6-12(7-11-14)17(21)19-13-8-9-13;1-9-10(15(20)11-8-17-19(2)16(11)21)4-5-13(25(3,22)23)14(9)12-6-7-24-18-12;1-5(9(12)13)14-8-3-2-6(10)4-7(8)11/h13-14H,7-12H2,1-6H3;2-7,10-11,13H,8-9H2,1H3,(H,19,21)(H,20,22);4-5,8,17H,6-7H2,1-3H3;2-5H,1H3,(H,12,13). The summed E-state index contributed by atoms with van der Waals surface area (Å²) in [4.78, 5) is 90.8. The highest BCUT2D eigenvalue weighted by Gasteiger charge is 2.33. The van der Waals surface area contributed by atoms with Crippen LogP contribution in [0.1, 0.15) is 125 Å². The lowest BCUT2D eigenvalue weighted by atomic mass is 9.91. The van der Waals surface area contributed by atoms with Gasteiger partial charge in [0.15, 0.2) is 21.7 Å².